The summed E-state index contributed by atoms with van der Waals surface area (Å²) in [4.78, 5) is 25.1. The number of rotatable bonds is 5. The molecule has 0 bridgehead atoms. The number of likely N-dealkylation sites (tertiary alicyclic amines) is 1. The van der Waals surface area contributed by atoms with E-state index in [4.69, 9.17) is 5.11 Å². The predicted molar refractivity (Wildman–Crippen MR) is 76.4 cm³/mol. The van der Waals surface area contributed by atoms with E-state index in [1.807, 2.05) is 12.1 Å². The first-order valence-electron chi connectivity index (χ1n) is 6.03. The van der Waals surface area contributed by atoms with Crippen LogP contribution in [0.2, 0.25) is 0 Å². The Morgan fingerprint density at radius 3 is 2.79 bits per heavy atom. The number of urea groups is 1. The van der Waals surface area contributed by atoms with Crippen LogP contribution < -0.4 is 5.32 Å². The van der Waals surface area contributed by atoms with Gasteiger partial charge in [-0.05, 0) is 34.5 Å². The van der Waals surface area contributed by atoms with E-state index in [0.717, 1.165) is 10.2 Å². The van der Waals surface area contributed by atoms with Crippen molar-refractivity contribution < 1.29 is 14.7 Å². The molecule has 1 aromatic rings. The van der Waals surface area contributed by atoms with Gasteiger partial charge in [0.2, 0.25) is 0 Å². The Hall–Kier alpha value is -1.08. The smallest absolute Gasteiger partial charge is 0.317 e. The SMILES string of the molecule is O=C(O)CC1CN(C(=O)NCCc2ccc(Br)s2)C1. The van der Waals surface area contributed by atoms with Crippen LogP contribution in [0.5, 0.6) is 0 Å². The summed E-state index contributed by atoms with van der Waals surface area (Å²) < 4.78 is 1.09. The van der Waals surface area contributed by atoms with E-state index >= 15 is 0 Å². The summed E-state index contributed by atoms with van der Waals surface area (Å²) in [6.07, 6.45) is 0.960. The molecule has 1 aliphatic heterocycles. The molecule has 2 rings (SSSR count). The van der Waals surface area contributed by atoms with Gasteiger partial charge in [0.15, 0.2) is 0 Å². The summed E-state index contributed by atoms with van der Waals surface area (Å²) >= 11 is 5.06. The molecule has 0 unspecified atom stereocenters. The standard InChI is InChI=1S/C12H15BrN2O3S/c13-10-2-1-9(19-10)3-4-14-12(18)15-6-8(7-15)5-11(16)17/h1-2,8H,3-7H2,(H,14,18)(H,16,17). The van der Waals surface area contributed by atoms with Crippen molar-refractivity contribution in [1.82, 2.24) is 10.2 Å². The van der Waals surface area contributed by atoms with Gasteiger partial charge in [0.25, 0.3) is 0 Å². The van der Waals surface area contributed by atoms with Crippen LogP contribution >= 0.6 is 27.3 Å². The molecule has 19 heavy (non-hydrogen) atoms. The summed E-state index contributed by atoms with van der Waals surface area (Å²) in [5.74, 6) is -0.690. The average Bonchev–Trinajstić information content (AvgIpc) is 2.68. The van der Waals surface area contributed by atoms with Gasteiger partial charge in [-0.3, -0.25) is 4.79 Å². The van der Waals surface area contributed by atoms with Crippen LogP contribution in [0.15, 0.2) is 15.9 Å². The van der Waals surface area contributed by atoms with Crippen molar-refractivity contribution in [1.29, 1.82) is 0 Å². The lowest BCUT2D eigenvalue weighted by molar-refractivity contribution is -0.139. The van der Waals surface area contributed by atoms with E-state index in [9.17, 15) is 9.59 Å². The molecule has 0 aliphatic carbocycles. The van der Waals surface area contributed by atoms with Gasteiger partial charge in [0.1, 0.15) is 0 Å². The highest BCUT2D eigenvalue weighted by molar-refractivity contribution is 9.11. The van der Waals surface area contributed by atoms with Gasteiger partial charge in [-0.25, -0.2) is 4.79 Å². The molecule has 1 saturated heterocycles. The van der Waals surface area contributed by atoms with E-state index in [1.54, 1.807) is 16.2 Å². The molecule has 0 atom stereocenters. The van der Waals surface area contributed by atoms with E-state index in [0.29, 0.717) is 19.6 Å². The third kappa shape index (κ3) is 4.21. The maximum Gasteiger partial charge on any atom is 0.317 e. The number of nitrogens with one attached hydrogen (secondary N) is 1. The zero-order valence-electron chi connectivity index (χ0n) is 10.3. The molecule has 0 saturated carbocycles. The van der Waals surface area contributed by atoms with Gasteiger partial charge in [-0.2, -0.15) is 0 Å². The molecule has 5 nitrogen and oxygen atoms in total. The molecule has 0 radical (unpaired) electrons. The molecule has 2 N–H and O–H groups in total. The molecule has 7 heteroatoms. The number of carbonyl (C=O) groups excluding carboxylic acids is 1. The summed E-state index contributed by atoms with van der Waals surface area (Å²) in [6, 6.07) is 3.93. The number of aliphatic carboxylic acids is 1. The lowest BCUT2D eigenvalue weighted by Gasteiger charge is -2.38. The largest absolute Gasteiger partial charge is 0.481 e. The van der Waals surface area contributed by atoms with Gasteiger partial charge in [-0.1, -0.05) is 0 Å². The number of hydrogen-bond donors (Lipinski definition) is 2. The van der Waals surface area contributed by atoms with Gasteiger partial charge in [0.05, 0.1) is 10.2 Å². The number of thiophene rings is 1. The first-order chi connectivity index (χ1) is 9.04. The summed E-state index contributed by atoms with van der Waals surface area (Å²) in [5.41, 5.74) is 0. The van der Waals surface area contributed by atoms with Gasteiger partial charge in [0, 0.05) is 30.4 Å². The van der Waals surface area contributed by atoms with Crippen LogP contribution in [0.1, 0.15) is 11.3 Å². The number of amides is 2. The Morgan fingerprint density at radius 1 is 1.47 bits per heavy atom. The monoisotopic (exact) mass is 346 g/mol. The number of carboxylic acids is 1. The van der Waals surface area contributed by atoms with Gasteiger partial charge in [-0.15, -0.1) is 11.3 Å². The topological polar surface area (TPSA) is 69.6 Å². The fourth-order valence-electron chi connectivity index (χ4n) is 2.00. The van der Waals surface area contributed by atoms with Crippen molar-refractivity contribution in [2.75, 3.05) is 19.6 Å². The molecule has 1 fully saturated rings. The number of nitrogens with zero attached hydrogens (tertiary/aromatic N) is 1. The van der Waals surface area contributed by atoms with Crippen molar-refractivity contribution in [3.05, 3.63) is 20.8 Å². The zero-order valence-corrected chi connectivity index (χ0v) is 12.7. The van der Waals surface area contributed by atoms with Crippen LogP contribution in [0.4, 0.5) is 4.79 Å². The first-order valence-corrected chi connectivity index (χ1v) is 7.64. The quantitative estimate of drug-likeness (QED) is 0.858. The molecule has 104 valence electrons. The van der Waals surface area contributed by atoms with Crippen molar-refractivity contribution in [3.63, 3.8) is 0 Å². The van der Waals surface area contributed by atoms with Crippen molar-refractivity contribution in [2.45, 2.75) is 12.8 Å². The van der Waals surface area contributed by atoms with Crippen LogP contribution in [-0.4, -0.2) is 41.6 Å². The average molecular weight is 347 g/mol. The van der Waals surface area contributed by atoms with Crippen molar-refractivity contribution in [2.24, 2.45) is 5.92 Å². The molecule has 0 spiro atoms. The lowest BCUT2D eigenvalue weighted by Crippen LogP contribution is -2.54. The minimum Gasteiger partial charge on any atom is -0.481 e. The second-order valence-electron chi connectivity index (χ2n) is 4.56. The second kappa shape index (κ2) is 6.38. The lowest BCUT2D eigenvalue weighted by atomic mass is 9.97. The van der Waals surface area contributed by atoms with Crippen LogP contribution in [0.25, 0.3) is 0 Å². The molecule has 2 amide bonds. The summed E-state index contributed by atoms with van der Waals surface area (Å²) in [5, 5.41) is 11.5. The molecule has 1 aliphatic rings. The molecular formula is C12H15BrN2O3S. The van der Waals surface area contributed by atoms with E-state index in [-0.39, 0.29) is 18.4 Å². The van der Waals surface area contributed by atoms with Gasteiger partial charge < -0.3 is 15.3 Å². The fourth-order valence-corrected chi connectivity index (χ4v) is 3.48. The Bertz CT molecular complexity index is 471. The molecule has 2 heterocycles. The highest BCUT2D eigenvalue weighted by Gasteiger charge is 2.31. The van der Waals surface area contributed by atoms with E-state index < -0.39 is 5.97 Å². The van der Waals surface area contributed by atoms with Crippen LogP contribution in [0, 0.1) is 5.92 Å². The summed E-state index contributed by atoms with van der Waals surface area (Å²) in [7, 11) is 0. The van der Waals surface area contributed by atoms with Gasteiger partial charge >= 0.3 is 12.0 Å². The number of halogens is 1. The Labute approximate surface area is 123 Å². The summed E-state index contributed by atoms with van der Waals surface area (Å²) in [6.45, 7) is 1.69. The van der Waals surface area contributed by atoms with Crippen LogP contribution in [-0.2, 0) is 11.2 Å². The van der Waals surface area contributed by atoms with Crippen LogP contribution in [0.3, 0.4) is 0 Å². The van der Waals surface area contributed by atoms with Crippen molar-refractivity contribution in [3.8, 4) is 0 Å². The third-order valence-electron chi connectivity index (χ3n) is 2.98. The number of hydrogen-bond acceptors (Lipinski definition) is 3. The molecule has 0 aromatic carbocycles. The zero-order chi connectivity index (χ0) is 13.8. The normalized spacial score (nSPS) is 15.1. The second-order valence-corrected chi connectivity index (χ2v) is 7.10. The van der Waals surface area contributed by atoms with Crippen molar-refractivity contribution >= 4 is 39.3 Å². The first kappa shape index (κ1) is 14.3. The maximum atomic E-state index is 11.7. The number of carbonyl (C=O) groups is 2. The third-order valence-corrected chi connectivity index (χ3v) is 4.67. The Kier molecular flexibility index (Phi) is 4.81. The predicted octanol–water partition coefficient (Wildman–Crippen LogP) is 2.17. The highest BCUT2D eigenvalue weighted by Crippen LogP contribution is 2.22. The minimum absolute atomic E-state index is 0.0998. The van der Waals surface area contributed by atoms with E-state index in [2.05, 4.69) is 21.2 Å². The fraction of sp³-hybridized carbons (Fsp3) is 0.500. The van der Waals surface area contributed by atoms with E-state index in [1.165, 1.54) is 4.88 Å². The molecule has 1 aromatic heterocycles. The Morgan fingerprint density at radius 2 is 2.21 bits per heavy atom. The maximum absolute atomic E-state index is 11.7. The minimum atomic E-state index is -0.798. The molecular weight excluding hydrogens is 332 g/mol. The Balaban J connectivity index is 1.62. The highest BCUT2D eigenvalue weighted by atomic mass is 79.9. The number of carboxylic acid groups (broad SMARTS) is 1.